The highest BCUT2D eigenvalue weighted by Gasteiger charge is 2.21. The predicted octanol–water partition coefficient (Wildman–Crippen LogP) is 2.24. The molecule has 0 aromatic carbocycles. The monoisotopic (exact) mass is 329 g/mol. The lowest BCUT2D eigenvalue weighted by atomic mass is 10.0. The molecule has 2 amide bonds. The number of nitrogens with one attached hydrogen (secondary N) is 2. The summed E-state index contributed by atoms with van der Waals surface area (Å²) in [7, 11) is 1.77. The Labute approximate surface area is 141 Å². The number of urea groups is 1. The van der Waals surface area contributed by atoms with Crippen LogP contribution >= 0.6 is 0 Å². The Hall–Kier alpha value is -2.70. The third-order valence-electron chi connectivity index (χ3n) is 3.84. The maximum atomic E-state index is 12.5. The molecule has 1 atom stereocenters. The Bertz CT molecular complexity index is 701. The second-order valence-electron chi connectivity index (χ2n) is 5.62. The molecule has 0 fully saturated rings. The van der Waals surface area contributed by atoms with Crippen molar-refractivity contribution in [3.63, 3.8) is 0 Å². The Kier molecular flexibility index (Phi) is 6.48. The summed E-state index contributed by atoms with van der Waals surface area (Å²) >= 11 is 0. The molecular formula is C17H23N5O2. The van der Waals surface area contributed by atoms with Crippen molar-refractivity contribution in [3.05, 3.63) is 58.5 Å². The molecule has 2 aromatic heterocycles. The number of carbonyl (C=O) groups is 1. The van der Waals surface area contributed by atoms with Crippen LogP contribution in [0.1, 0.15) is 43.5 Å². The normalized spacial score (nSPS) is 11.8. The number of nitrogens with zero attached hydrogens (tertiary/aromatic N) is 3. The number of aromatic nitrogens is 3. The smallest absolute Gasteiger partial charge is 0.317 e. The number of pyridine rings is 1. The van der Waals surface area contributed by atoms with Crippen LogP contribution in [0.5, 0.6) is 0 Å². The van der Waals surface area contributed by atoms with Gasteiger partial charge in [0.05, 0.1) is 24.6 Å². The standard InChI is InChI=1S/C17H23N5O2/c1-3-4-7-15(13-6-5-8-18-10-13)22(2)17(24)19-11-14-9-16(23)21-12-20-14/h5-6,8-10,12,15H,3-4,7,11H2,1-2H3,(H,19,24)(H,20,21,23). The quantitative estimate of drug-likeness (QED) is 0.815. The minimum Gasteiger partial charge on any atom is -0.332 e. The molecule has 0 aliphatic rings. The fourth-order valence-electron chi connectivity index (χ4n) is 2.49. The highest BCUT2D eigenvalue weighted by molar-refractivity contribution is 5.74. The van der Waals surface area contributed by atoms with Gasteiger partial charge >= 0.3 is 6.03 Å². The van der Waals surface area contributed by atoms with E-state index < -0.39 is 0 Å². The van der Waals surface area contributed by atoms with Crippen molar-refractivity contribution >= 4 is 6.03 Å². The van der Waals surface area contributed by atoms with Crippen molar-refractivity contribution in [1.29, 1.82) is 0 Å². The van der Waals surface area contributed by atoms with Gasteiger partial charge < -0.3 is 15.2 Å². The summed E-state index contributed by atoms with van der Waals surface area (Å²) < 4.78 is 0. The fourth-order valence-corrected chi connectivity index (χ4v) is 2.49. The van der Waals surface area contributed by atoms with E-state index >= 15 is 0 Å². The van der Waals surface area contributed by atoms with Gasteiger partial charge in [-0.1, -0.05) is 25.8 Å². The number of amides is 2. The van der Waals surface area contributed by atoms with E-state index in [-0.39, 0.29) is 24.2 Å². The molecule has 2 rings (SSSR count). The van der Waals surface area contributed by atoms with Gasteiger partial charge in [0.25, 0.3) is 5.56 Å². The minimum absolute atomic E-state index is 0.0363. The summed E-state index contributed by atoms with van der Waals surface area (Å²) in [6, 6.07) is 4.98. The molecule has 0 aliphatic carbocycles. The summed E-state index contributed by atoms with van der Waals surface area (Å²) in [6.45, 7) is 2.33. The highest BCUT2D eigenvalue weighted by atomic mass is 16.2. The zero-order valence-corrected chi connectivity index (χ0v) is 14.0. The summed E-state index contributed by atoms with van der Waals surface area (Å²) in [6.07, 6.45) is 7.79. The molecular weight excluding hydrogens is 306 g/mol. The van der Waals surface area contributed by atoms with Crippen molar-refractivity contribution in [2.45, 2.75) is 38.8 Å². The third-order valence-corrected chi connectivity index (χ3v) is 3.84. The van der Waals surface area contributed by atoms with E-state index in [1.54, 1.807) is 24.3 Å². The average molecular weight is 329 g/mol. The number of carbonyl (C=O) groups excluding carboxylic acids is 1. The first-order chi connectivity index (χ1) is 11.6. The second-order valence-corrected chi connectivity index (χ2v) is 5.62. The van der Waals surface area contributed by atoms with E-state index in [0.717, 1.165) is 24.8 Å². The molecule has 7 nitrogen and oxygen atoms in total. The SMILES string of the molecule is CCCCC(c1cccnc1)N(C)C(=O)NCc1cc(=O)[nH]cn1. The van der Waals surface area contributed by atoms with E-state index in [1.807, 2.05) is 12.1 Å². The summed E-state index contributed by atoms with van der Waals surface area (Å²) in [5, 5.41) is 2.80. The predicted molar refractivity (Wildman–Crippen MR) is 91.4 cm³/mol. The largest absolute Gasteiger partial charge is 0.332 e. The van der Waals surface area contributed by atoms with E-state index in [0.29, 0.717) is 5.69 Å². The van der Waals surface area contributed by atoms with Gasteiger partial charge in [0.15, 0.2) is 0 Å². The van der Waals surface area contributed by atoms with Crippen molar-refractivity contribution < 1.29 is 4.79 Å². The molecule has 0 saturated heterocycles. The third kappa shape index (κ3) is 4.91. The van der Waals surface area contributed by atoms with Gasteiger partial charge in [0, 0.05) is 25.5 Å². The van der Waals surface area contributed by atoms with Crippen LogP contribution in [0.15, 0.2) is 41.7 Å². The molecule has 1 unspecified atom stereocenters. The molecule has 0 radical (unpaired) electrons. The Morgan fingerprint density at radius 2 is 2.29 bits per heavy atom. The number of rotatable bonds is 7. The molecule has 0 bridgehead atoms. The number of aromatic amines is 1. The van der Waals surface area contributed by atoms with Crippen LogP contribution in [0, 0.1) is 0 Å². The lowest BCUT2D eigenvalue weighted by Gasteiger charge is -2.28. The van der Waals surface area contributed by atoms with Gasteiger partial charge in [0.1, 0.15) is 0 Å². The first kappa shape index (κ1) is 17.7. The second kappa shape index (κ2) is 8.81. The first-order valence-electron chi connectivity index (χ1n) is 8.06. The molecule has 0 spiro atoms. The van der Waals surface area contributed by atoms with Gasteiger partial charge in [-0.3, -0.25) is 9.78 Å². The summed E-state index contributed by atoms with van der Waals surface area (Å²) in [5.74, 6) is 0. The molecule has 128 valence electrons. The molecule has 0 saturated carbocycles. The zero-order valence-electron chi connectivity index (χ0n) is 14.0. The average Bonchev–Trinajstić information content (AvgIpc) is 2.61. The van der Waals surface area contributed by atoms with Crippen LogP contribution in [0.4, 0.5) is 4.79 Å². The van der Waals surface area contributed by atoms with E-state index in [9.17, 15) is 9.59 Å². The van der Waals surface area contributed by atoms with Crippen LogP contribution in [-0.2, 0) is 6.54 Å². The van der Waals surface area contributed by atoms with E-state index in [4.69, 9.17) is 0 Å². The molecule has 0 aliphatic heterocycles. The van der Waals surface area contributed by atoms with Crippen molar-refractivity contribution in [2.75, 3.05) is 7.05 Å². The van der Waals surface area contributed by atoms with E-state index in [1.165, 1.54) is 12.4 Å². The maximum absolute atomic E-state index is 12.5. The molecule has 7 heteroatoms. The first-order valence-corrected chi connectivity index (χ1v) is 8.06. The Morgan fingerprint density at radius 3 is 2.96 bits per heavy atom. The minimum atomic E-state index is -0.237. The zero-order chi connectivity index (χ0) is 17.4. The fraction of sp³-hybridized carbons (Fsp3) is 0.412. The number of hydrogen-bond acceptors (Lipinski definition) is 4. The van der Waals surface area contributed by atoms with Crippen LogP contribution in [0.2, 0.25) is 0 Å². The van der Waals surface area contributed by atoms with Gasteiger partial charge in [-0.25, -0.2) is 9.78 Å². The Morgan fingerprint density at radius 1 is 1.46 bits per heavy atom. The van der Waals surface area contributed by atoms with Crippen molar-refractivity contribution in [3.8, 4) is 0 Å². The maximum Gasteiger partial charge on any atom is 0.317 e. The molecule has 2 N–H and O–H groups in total. The lowest BCUT2D eigenvalue weighted by molar-refractivity contribution is 0.185. The highest BCUT2D eigenvalue weighted by Crippen LogP contribution is 2.24. The van der Waals surface area contributed by atoms with E-state index in [2.05, 4.69) is 27.2 Å². The number of hydrogen-bond donors (Lipinski definition) is 2. The van der Waals surface area contributed by atoms with Crippen molar-refractivity contribution in [2.24, 2.45) is 0 Å². The van der Waals surface area contributed by atoms with Crippen LogP contribution in [0.3, 0.4) is 0 Å². The van der Waals surface area contributed by atoms with Crippen LogP contribution in [0.25, 0.3) is 0 Å². The summed E-state index contributed by atoms with van der Waals surface area (Å²) in [4.78, 5) is 36.0. The van der Waals surface area contributed by atoms with Gasteiger partial charge in [-0.15, -0.1) is 0 Å². The van der Waals surface area contributed by atoms with Gasteiger partial charge in [-0.2, -0.15) is 0 Å². The lowest BCUT2D eigenvalue weighted by Crippen LogP contribution is -2.39. The Balaban J connectivity index is 2.03. The van der Waals surface area contributed by atoms with Gasteiger partial charge in [0.2, 0.25) is 0 Å². The molecule has 24 heavy (non-hydrogen) atoms. The topological polar surface area (TPSA) is 91.0 Å². The molecule has 2 aromatic rings. The summed E-state index contributed by atoms with van der Waals surface area (Å²) in [5.41, 5.74) is 1.30. The number of unbranched alkanes of at least 4 members (excludes halogenated alkanes) is 1. The van der Waals surface area contributed by atoms with Crippen molar-refractivity contribution in [1.82, 2.24) is 25.2 Å². The van der Waals surface area contributed by atoms with Crippen LogP contribution < -0.4 is 10.9 Å². The molecule has 2 heterocycles. The van der Waals surface area contributed by atoms with Gasteiger partial charge in [-0.05, 0) is 18.1 Å². The van der Waals surface area contributed by atoms with Crippen LogP contribution in [-0.4, -0.2) is 32.9 Å². The number of H-pyrrole nitrogens is 1.